The number of hydrogen-bond donors (Lipinski definition) is 1. The number of ether oxygens (including phenoxy) is 1. The molecule has 1 aromatic carbocycles. The van der Waals surface area contributed by atoms with Crippen molar-refractivity contribution in [2.75, 3.05) is 6.54 Å². The third kappa shape index (κ3) is 4.38. The van der Waals surface area contributed by atoms with Crippen LogP contribution in [0.5, 0.6) is 0 Å². The van der Waals surface area contributed by atoms with E-state index in [0.29, 0.717) is 11.7 Å². The molecule has 1 amide bonds. The molecular weight excluding hydrogens is 416 g/mol. The Morgan fingerprint density at radius 2 is 1.88 bits per heavy atom. The minimum absolute atomic E-state index is 0.353. The lowest BCUT2D eigenvalue weighted by atomic mass is 9.80. The molecule has 0 atom stereocenters. The van der Waals surface area contributed by atoms with Crippen molar-refractivity contribution in [3.8, 4) is 0 Å². The molecule has 0 aliphatic heterocycles. The van der Waals surface area contributed by atoms with Gasteiger partial charge < -0.3 is 10.1 Å². The SMILES string of the molecule is CC(C)(C)OC(=O)NCC1(c2cc(Br)cc(Cl)n2)Cc2ccccc2C1. The molecule has 3 rings (SSSR count). The second kappa shape index (κ2) is 7.20. The van der Waals surface area contributed by atoms with Crippen molar-refractivity contribution < 1.29 is 9.53 Å². The van der Waals surface area contributed by atoms with Gasteiger partial charge in [-0.1, -0.05) is 51.8 Å². The summed E-state index contributed by atoms with van der Waals surface area (Å²) < 4.78 is 6.27. The van der Waals surface area contributed by atoms with E-state index >= 15 is 0 Å². The molecule has 0 bridgehead atoms. The maximum absolute atomic E-state index is 12.2. The standard InChI is InChI=1S/C20H22BrClN2O2/c1-19(2,3)26-18(25)23-12-20(16-8-15(21)9-17(22)24-16)10-13-6-4-5-7-14(13)11-20/h4-9H,10-12H2,1-3H3,(H,23,25). The van der Waals surface area contributed by atoms with E-state index in [4.69, 9.17) is 16.3 Å². The van der Waals surface area contributed by atoms with E-state index in [9.17, 15) is 4.79 Å². The molecule has 1 N–H and O–H groups in total. The maximum Gasteiger partial charge on any atom is 0.407 e. The fourth-order valence-corrected chi connectivity index (χ4v) is 4.16. The zero-order valence-electron chi connectivity index (χ0n) is 15.1. The number of nitrogens with zero attached hydrogens (tertiary/aromatic N) is 1. The highest BCUT2D eigenvalue weighted by molar-refractivity contribution is 9.10. The summed E-state index contributed by atoms with van der Waals surface area (Å²) in [6.45, 7) is 5.98. The topological polar surface area (TPSA) is 51.2 Å². The highest BCUT2D eigenvalue weighted by Gasteiger charge is 2.41. The van der Waals surface area contributed by atoms with Crippen molar-refractivity contribution >= 4 is 33.6 Å². The number of fused-ring (bicyclic) bond motifs is 1. The summed E-state index contributed by atoms with van der Waals surface area (Å²) in [6, 6.07) is 12.1. The van der Waals surface area contributed by atoms with Crippen LogP contribution >= 0.6 is 27.5 Å². The van der Waals surface area contributed by atoms with Crippen LogP contribution in [-0.2, 0) is 23.0 Å². The summed E-state index contributed by atoms with van der Waals surface area (Å²) in [5, 5.41) is 3.37. The normalized spacial score (nSPS) is 15.4. The van der Waals surface area contributed by atoms with Gasteiger partial charge in [-0.2, -0.15) is 0 Å². The van der Waals surface area contributed by atoms with Crippen LogP contribution in [0.3, 0.4) is 0 Å². The Hall–Kier alpha value is -1.59. The molecule has 6 heteroatoms. The number of alkyl carbamates (subject to hydrolysis) is 1. The fraction of sp³-hybridized carbons (Fsp3) is 0.400. The van der Waals surface area contributed by atoms with Crippen LogP contribution in [0, 0.1) is 0 Å². The first-order valence-corrected chi connectivity index (χ1v) is 9.71. The molecule has 138 valence electrons. The minimum Gasteiger partial charge on any atom is -0.444 e. The zero-order chi connectivity index (χ0) is 18.9. The third-order valence-corrected chi connectivity index (χ3v) is 5.10. The van der Waals surface area contributed by atoms with Gasteiger partial charge in [-0.25, -0.2) is 9.78 Å². The molecule has 1 aliphatic carbocycles. The smallest absolute Gasteiger partial charge is 0.407 e. The molecule has 0 saturated heterocycles. The summed E-state index contributed by atoms with van der Waals surface area (Å²) >= 11 is 9.70. The maximum atomic E-state index is 12.2. The quantitative estimate of drug-likeness (QED) is 0.683. The Morgan fingerprint density at radius 3 is 2.42 bits per heavy atom. The molecule has 2 aromatic rings. The van der Waals surface area contributed by atoms with Crippen molar-refractivity contribution in [3.05, 3.63) is 62.8 Å². The summed E-state index contributed by atoms with van der Waals surface area (Å²) in [4.78, 5) is 16.8. The van der Waals surface area contributed by atoms with E-state index in [1.807, 2.05) is 39.0 Å². The highest BCUT2D eigenvalue weighted by atomic mass is 79.9. The lowest BCUT2D eigenvalue weighted by Crippen LogP contribution is -2.44. The van der Waals surface area contributed by atoms with Crippen LogP contribution in [-0.4, -0.2) is 23.2 Å². The molecular formula is C20H22BrClN2O2. The predicted octanol–water partition coefficient (Wildman–Crippen LogP) is 5.06. The predicted molar refractivity (Wildman–Crippen MR) is 107 cm³/mol. The largest absolute Gasteiger partial charge is 0.444 e. The Kier molecular flexibility index (Phi) is 5.31. The average molecular weight is 438 g/mol. The van der Waals surface area contributed by atoms with E-state index in [0.717, 1.165) is 23.0 Å². The van der Waals surface area contributed by atoms with Crippen LogP contribution in [0.2, 0.25) is 5.15 Å². The number of halogens is 2. The van der Waals surface area contributed by atoms with Crippen molar-refractivity contribution in [2.24, 2.45) is 0 Å². The van der Waals surface area contributed by atoms with Crippen LogP contribution in [0.1, 0.15) is 37.6 Å². The number of aromatic nitrogens is 1. The molecule has 26 heavy (non-hydrogen) atoms. The zero-order valence-corrected chi connectivity index (χ0v) is 17.4. The first kappa shape index (κ1) is 19.2. The van der Waals surface area contributed by atoms with E-state index < -0.39 is 11.7 Å². The summed E-state index contributed by atoms with van der Waals surface area (Å²) in [5.41, 5.74) is 2.53. The summed E-state index contributed by atoms with van der Waals surface area (Å²) in [7, 11) is 0. The number of rotatable bonds is 3. The molecule has 1 aromatic heterocycles. The van der Waals surface area contributed by atoms with Gasteiger partial charge in [0.05, 0.1) is 5.69 Å². The average Bonchev–Trinajstić information content (AvgIpc) is 2.90. The Balaban J connectivity index is 1.90. The second-order valence-electron chi connectivity index (χ2n) is 7.75. The van der Waals surface area contributed by atoms with Crippen molar-refractivity contribution in [1.82, 2.24) is 10.3 Å². The number of pyridine rings is 1. The van der Waals surface area contributed by atoms with Crippen LogP contribution in [0.25, 0.3) is 0 Å². The van der Waals surface area contributed by atoms with Crippen LogP contribution < -0.4 is 5.32 Å². The van der Waals surface area contributed by atoms with Gasteiger partial charge in [-0.3, -0.25) is 0 Å². The minimum atomic E-state index is -0.535. The lowest BCUT2D eigenvalue weighted by molar-refractivity contribution is 0.0514. The first-order valence-electron chi connectivity index (χ1n) is 8.54. The molecule has 0 unspecified atom stereocenters. The van der Waals surface area contributed by atoms with Gasteiger partial charge in [-0.15, -0.1) is 0 Å². The van der Waals surface area contributed by atoms with Gasteiger partial charge in [0.15, 0.2) is 0 Å². The molecule has 4 nitrogen and oxygen atoms in total. The van der Waals surface area contributed by atoms with E-state index in [2.05, 4.69) is 38.4 Å². The van der Waals surface area contributed by atoms with Crippen molar-refractivity contribution in [3.63, 3.8) is 0 Å². The lowest BCUT2D eigenvalue weighted by Gasteiger charge is -2.30. The fourth-order valence-electron chi connectivity index (χ4n) is 3.38. The van der Waals surface area contributed by atoms with Crippen molar-refractivity contribution in [2.45, 2.75) is 44.6 Å². The van der Waals surface area contributed by atoms with E-state index in [1.165, 1.54) is 11.1 Å². The van der Waals surface area contributed by atoms with Crippen LogP contribution in [0.4, 0.5) is 4.79 Å². The number of benzene rings is 1. The molecule has 1 aliphatic rings. The van der Waals surface area contributed by atoms with Crippen LogP contribution in [0.15, 0.2) is 40.9 Å². The molecule has 0 saturated carbocycles. The number of amides is 1. The molecule has 0 radical (unpaired) electrons. The number of nitrogens with one attached hydrogen (secondary N) is 1. The van der Waals surface area contributed by atoms with E-state index in [-0.39, 0.29) is 5.41 Å². The van der Waals surface area contributed by atoms with Gasteiger partial charge in [-0.05, 0) is 56.9 Å². The Labute approximate surface area is 167 Å². The number of carbonyl (C=O) groups excluding carboxylic acids is 1. The van der Waals surface area contributed by atoms with Gasteiger partial charge in [0.2, 0.25) is 0 Å². The molecule has 0 fully saturated rings. The van der Waals surface area contributed by atoms with Gasteiger partial charge >= 0.3 is 6.09 Å². The summed E-state index contributed by atoms with van der Waals surface area (Å²) in [6.07, 6.45) is 1.16. The van der Waals surface area contributed by atoms with Gasteiger partial charge in [0.1, 0.15) is 10.8 Å². The molecule has 0 spiro atoms. The summed E-state index contributed by atoms with van der Waals surface area (Å²) in [5.74, 6) is 0. The second-order valence-corrected chi connectivity index (χ2v) is 9.05. The highest BCUT2D eigenvalue weighted by Crippen LogP contribution is 2.40. The van der Waals surface area contributed by atoms with E-state index in [1.54, 1.807) is 6.07 Å². The number of hydrogen-bond acceptors (Lipinski definition) is 3. The van der Waals surface area contributed by atoms with Gasteiger partial charge in [0, 0.05) is 16.4 Å². The Bertz CT molecular complexity index is 788. The Morgan fingerprint density at radius 1 is 1.27 bits per heavy atom. The third-order valence-electron chi connectivity index (χ3n) is 4.45. The first-order chi connectivity index (χ1) is 12.2. The van der Waals surface area contributed by atoms with Gasteiger partial charge in [0.25, 0.3) is 0 Å². The number of carbonyl (C=O) groups is 1. The monoisotopic (exact) mass is 436 g/mol. The molecule has 1 heterocycles. The van der Waals surface area contributed by atoms with Crippen molar-refractivity contribution in [1.29, 1.82) is 0 Å².